The Bertz CT molecular complexity index is 203. The van der Waals surface area contributed by atoms with Crippen molar-refractivity contribution in [3.8, 4) is 0 Å². The van der Waals surface area contributed by atoms with Gasteiger partial charge in [-0.05, 0) is 12.8 Å². The number of nitrogens with zero attached hydrogens (tertiary/aromatic N) is 1. The van der Waals surface area contributed by atoms with E-state index in [1.54, 1.807) is 0 Å². The molecule has 0 aliphatic heterocycles. The lowest BCUT2D eigenvalue weighted by molar-refractivity contribution is 0.306. The number of aliphatic hydroxyl groups excluding tert-OH is 1. The van der Waals surface area contributed by atoms with Gasteiger partial charge < -0.3 is 10.5 Å². The van der Waals surface area contributed by atoms with Gasteiger partial charge in [-0.15, -0.1) is 0 Å². The molecule has 0 aromatic carbocycles. The predicted molar refractivity (Wildman–Crippen MR) is 45.9 cm³/mol. The molecule has 4 heteroatoms. The molecule has 1 atom stereocenters. The molecule has 0 aromatic heterocycles. The second-order valence-corrected chi connectivity index (χ2v) is 2.87. The summed E-state index contributed by atoms with van der Waals surface area (Å²) in [6, 6.07) is 0. The standard InChI is InChI=1S/C8H13FN2O/c9-7-5-6(10)1-2-8(7)11-3-4-12/h7,10,12H,1-5H2. The molecule has 0 amide bonds. The summed E-state index contributed by atoms with van der Waals surface area (Å²) < 4.78 is 13.1. The molecule has 0 bridgehead atoms. The zero-order valence-electron chi connectivity index (χ0n) is 6.89. The lowest BCUT2D eigenvalue weighted by Crippen LogP contribution is -2.26. The van der Waals surface area contributed by atoms with Crippen LogP contribution in [0.3, 0.4) is 0 Å². The minimum Gasteiger partial charge on any atom is -0.394 e. The van der Waals surface area contributed by atoms with Gasteiger partial charge in [0.1, 0.15) is 6.17 Å². The van der Waals surface area contributed by atoms with Gasteiger partial charge >= 0.3 is 0 Å². The monoisotopic (exact) mass is 172 g/mol. The van der Waals surface area contributed by atoms with E-state index in [0.29, 0.717) is 24.3 Å². The van der Waals surface area contributed by atoms with Crippen LogP contribution in [0.2, 0.25) is 0 Å². The third kappa shape index (κ3) is 2.37. The van der Waals surface area contributed by atoms with Gasteiger partial charge in [-0.2, -0.15) is 0 Å². The predicted octanol–water partition coefficient (Wildman–Crippen LogP) is 0.961. The smallest absolute Gasteiger partial charge is 0.143 e. The summed E-state index contributed by atoms with van der Waals surface area (Å²) in [5.41, 5.74) is 0.977. The maximum absolute atomic E-state index is 13.1. The van der Waals surface area contributed by atoms with Crippen LogP contribution in [0, 0.1) is 5.41 Å². The molecule has 68 valence electrons. The maximum Gasteiger partial charge on any atom is 0.143 e. The van der Waals surface area contributed by atoms with Crippen molar-refractivity contribution in [1.29, 1.82) is 5.41 Å². The highest BCUT2D eigenvalue weighted by Crippen LogP contribution is 2.16. The number of rotatable bonds is 2. The fraction of sp³-hybridized carbons (Fsp3) is 0.750. The summed E-state index contributed by atoms with van der Waals surface area (Å²) in [5.74, 6) is 0. The van der Waals surface area contributed by atoms with Crippen molar-refractivity contribution in [2.45, 2.75) is 25.4 Å². The van der Waals surface area contributed by atoms with Gasteiger partial charge in [-0.1, -0.05) is 0 Å². The van der Waals surface area contributed by atoms with Crippen LogP contribution >= 0.6 is 0 Å². The van der Waals surface area contributed by atoms with E-state index in [9.17, 15) is 4.39 Å². The van der Waals surface area contributed by atoms with E-state index in [2.05, 4.69) is 4.99 Å². The van der Waals surface area contributed by atoms with Gasteiger partial charge in [-0.25, -0.2) is 4.39 Å². The van der Waals surface area contributed by atoms with Crippen LogP contribution in [0.5, 0.6) is 0 Å². The molecule has 0 heterocycles. The Balaban J connectivity index is 2.49. The molecule has 1 saturated carbocycles. The number of aliphatic imine (C=N–C) groups is 1. The minimum absolute atomic E-state index is 0.0341. The van der Waals surface area contributed by atoms with E-state index >= 15 is 0 Å². The first-order chi connectivity index (χ1) is 5.74. The summed E-state index contributed by atoms with van der Waals surface area (Å²) in [4.78, 5) is 3.91. The van der Waals surface area contributed by atoms with E-state index in [1.807, 2.05) is 0 Å². The number of alkyl halides is 1. The van der Waals surface area contributed by atoms with Gasteiger partial charge in [0.15, 0.2) is 0 Å². The zero-order valence-corrected chi connectivity index (χ0v) is 6.89. The first-order valence-electron chi connectivity index (χ1n) is 4.08. The number of nitrogens with one attached hydrogen (secondary N) is 1. The SMILES string of the molecule is N=C1CCC(=NCCO)C(F)C1. The van der Waals surface area contributed by atoms with Crippen molar-refractivity contribution in [2.75, 3.05) is 13.2 Å². The molecule has 1 fully saturated rings. The van der Waals surface area contributed by atoms with Gasteiger partial charge in [0.25, 0.3) is 0 Å². The van der Waals surface area contributed by atoms with E-state index < -0.39 is 6.17 Å². The number of hydrogen-bond acceptors (Lipinski definition) is 3. The molecule has 3 nitrogen and oxygen atoms in total. The van der Waals surface area contributed by atoms with Crippen molar-refractivity contribution in [3.63, 3.8) is 0 Å². The second-order valence-electron chi connectivity index (χ2n) is 2.87. The quantitative estimate of drug-likeness (QED) is 0.640. The van der Waals surface area contributed by atoms with E-state index in [-0.39, 0.29) is 19.6 Å². The molecule has 1 rings (SSSR count). The lowest BCUT2D eigenvalue weighted by atomic mass is 9.95. The maximum atomic E-state index is 13.1. The average molecular weight is 172 g/mol. The Kier molecular flexibility index (Phi) is 3.34. The average Bonchev–Trinajstić information content (AvgIpc) is 2.03. The largest absolute Gasteiger partial charge is 0.394 e. The van der Waals surface area contributed by atoms with E-state index in [4.69, 9.17) is 10.5 Å². The summed E-state index contributed by atoms with van der Waals surface area (Å²) in [5, 5.41) is 15.7. The van der Waals surface area contributed by atoms with Gasteiger partial charge in [0.2, 0.25) is 0 Å². The third-order valence-electron chi connectivity index (χ3n) is 1.88. The van der Waals surface area contributed by atoms with E-state index in [1.165, 1.54) is 0 Å². The van der Waals surface area contributed by atoms with Gasteiger partial charge in [-0.3, -0.25) is 4.99 Å². The summed E-state index contributed by atoms with van der Waals surface area (Å²) in [6.45, 7) is 0.247. The molecule has 1 aliphatic rings. The van der Waals surface area contributed by atoms with Crippen molar-refractivity contribution in [3.05, 3.63) is 0 Å². The summed E-state index contributed by atoms with van der Waals surface area (Å²) in [7, 11) is 0. The second kappa shape index (κ2) is 4.30. The van der Waals surface area contributed by atoms with Crippen molar-refractivity contribution in [1.82, 2.24) is 0 Å². The molecule has 0 radical (unpaired) electrons. The van der Waals surface area contributed by atoms with E-state index in [0.717, 1.165) is 0 Å². The topological polar surface area (TPSA) is 56.4 Å². The van der Waals surface area contributed by atoms with Crippen LogP contribution in [0.4, 0.5) is 4.39 Å². The van der Waals surface area contributed by atoms with Gasteiger partial charge in [0, 0.05) is 17.8 Å². The van der Waals surface area contributed by atoms with Crippen LogP contribution in [-0.2, 0) is 0 Å². The van der Waals surface area contributed by atoms with Crippen LogP contribution in [0.1, 0.15) is 19.3 Å². The summed E-state index contributed by atoms with van der Waals surface area (Å²) in [6.07, 6.45) is 0.257. The van der Waals surface area contributed by atoms with Crippen molar-refractivity contribution >= 4 is 11.4 Å². The Morgan fingerprint density at radius 2 is 2.33 bits per heavy atom. The van der Waals surface area contributed by atoms with Crippen molar-refractivity contribution in [2.24, 2.45) is 4.99 Å². The highest BCUT2D eigenvalue weighted by molar-refractivity contribution is 6.00. The minimum atomic E-state index is -1.09. The Labute approximate surface area is 70.8 Å². The van der Waals surface area contributed by atoms with Crippen LogP contribution in [0.25, 0.3) is 0 Å². The Hall–Kier alpha value is -0.770. The fourth-order valence-corrected chi connectivity index (χ4v) is 1.24. The molecule has 1 aliphatic carbocycles. The van der Waals surface area contributed by atoms with Crippen LogP contribution in [0.15, 0.2) is 4.99 Å². The van der Waals surface area contributed by atoms with Crippen LogP contribution < -0.4 is 0 Å². The molecule has 0 aromatic rings. The summed E-state index contributed by atoms with van der Waals surface area (Å²) >= 11 is 0. The molecule has 0 spiro atoms. The molecule has 1 unspecified atom stereocenters. The lowest BCUT2D eigenvalue weighted by Gasteiger charge is -2.18. The highest BCUT2D eigenvalue weighted by atomic mass is 19.1. The van der Waals surface area contributed by atoms with Gasteiger partial charge in [0.05, 0.1) is 13.2 Å². The fourth-order valence-electron chi connectivity index (χ4n) is 1.24. The molecule has 2 N–H and O–H groups in total. The molecular weight excluding hydrogens is 159 g/mol. The molecule has 12 heavy (non-hydrogen) atoms. The molecule has 0 saturated heterocycles. The first-order valence-corrected chi connectivity index (χ1v) is 4.08. The molecular formula is C8H13FN2O. The third-order valence-corrected chi connectivity index (χ3v) is 1.88. The Morgan fingerprint density at radius 3 is 2.92 bits per heavy atom. The number of halogens is 1. The zero-order chi connectivity index (χ0) is 8.97. The Morgan fingerprint density at radius 1 is 1.58 bits per heavy atom. The first kappa shape index (κ1) is 9.32. The van der Waals surface area contributed by atoms with Crippen molar-refractivity contribution < 1.29 is 9.50 Å². The number of aliphatic hydroxyl groups is 1. The van der Waals surface area contributed by atoms with Crippen LogP contribution in [-0.4, -0.2) is 35.9 Å². The highest BCUT2D eigenvalue weighted by Gasteiger charge is 2.22. The number of hydrogen-bond donors (Lipinski definition) is 2. The normalized spacial score (nSPS) is 28.0.